The van der Waals surface area contributed by atoms with Crippen molar-refractivity contribution in [2.24, 2.45) is 0 Å². The molecule has 2 aromatic carbocycles. The van der Waals surface area contributed by atoms with Crippen LogP contribution in [0.25, 0.3) is 10.9 Å². The minimum atomic E-state index is -0.335. The first-order chi connectivity index (χ1) is 12.6. The van der Waals surface area contributed by atoms with Gasteiger partial charge >= 0.3 is 5.97 Å². The summed E-state index contributed by atoms with van der Waals surface area (Å²) in [6.07, 6.45) is 0.883. The lowest BCUT2D eigenvalue weighted by Gasteiger charge is -2.17. The number of carbonyl (C=O) groups excluding carboxylic acids is 1. The van der Waals surface area contributed by atoms with Crippen molar-refractivity contribution in [3.8, 4) is 0 Å². The third-order valence-electron chi connectivity index (χ3n) is 5.29. The van der Waals surface area contributed by atoms with Gasteiger partial charge in [0.15, 0.2) is 5.69 Å². The SMILES string of the molecule is CCOC(=O)c1nc2ccccc2c2c1[C@H](C)[C@H](c1ccc(Cl)cc1)C2. The fourth-order valence-electron chi connectivity index (χ4n) is 4.07. The molecule has 0 fully saturated rings. The van der Waals surface area contributed by atoms with Crippen LogP contribution in [-0.4, -0.2) is 17.6 Å². The van der Waals surface area contributed by atoms with Crippen LogP contribution in [0.15, 0.2) is 48.5 Å². The summed E-state index contributed by atoms with van der Waals surface area (Å²) >= 11 is 6.05. The molecule has 4 rings (SSSR count). The molecule has 1 aliphatic carbocycles. The topological polar surface area (TPSA) is 39.2 Å². The number of fused-ring (bicyclic) bond motifs is 3. The van der Waals surface area contributed by atoms with E-state index in [1.54, 1.807) is 0 Å². The van der Waals surface area contributed by atoms with E-state index in [-0.39, 0.29) is 11.9 Å². The average Bonchev–Trinajstić information content (AvgIpc) is 3.00. The Morgan fingerprint density at radius 1 is 1.19 bits per heavy atom. The molecule has 0 aliphatic heterocycles. The van der Waals surface area contributed by atoms with Crippen molar-refractivity contribution in [2.75, 3.05) is 6.61 Å². The molecule has 0 saturated carbocycles. The first-order valence-corrected chi connectivity index (χ1v) is 9.32. The molecule has 2 atom stereocenters. The molecule has 1 aromatic heterocycles. The van der Waals surface area contributed by atoms with Crippen LogP contribution in [0.3, 0.4) is 0 Å². The van der Waals surface area contributed by atoms with Crippen molar-refractivity contribution in [1.82, 2.24) is 4.98 Å². The fraction of sp³-hybridized carbons (Fsp3) is 0.273. The highest BCUT2D eigenvalue weighted by Crippen LogP contribution is 2.47. The zero-order chi connectivity index (χ0) is 18.3. The Labute approximate surface area is 158 Å². The predicted octanol–water partition coefficient (Wildman–Crippen LogP) is 5.51. The number of aromatic nitrogens is 1. The van der Waals surface area contributed by atoms with Gasteiger partial charge in [-0.05, 0) is 60.1 Å². The van der Waals surface area contributed by atoms with Crippen LogP contribution in [0.4, 0.5) is 0 Å². The van der Waals surface area contributed by atoms with Crippen molar-refractivity contribution < 1.29 is 9.53 Å². The molecular weight excluding hydrogens is 346 g/mol. The third kappa shape index (κ3) is 2.77. The van der Waals surface area contributed by atoms with E-state index in [4.69, 9.17) is 16.3 Å². The summed E-state index contributed by atoms with van der Waals surface area (Å²) in [5, 5.41) is 1.86. The van der Waals surface area contributed by atoms with Crippen molar-refractivity contribution in [1.29, 1.82) is 0 Å². The van der Waals surface area contributed by atoms with E-state index in [0.717, 1.165) is 27.9 Å². The van der Waals surface area contributed by atoms with Gasteiger partial charge in [-0.25, -0.2) is 9.78 Å². The fourth-order valence-corrected chi connectivity index (χ4v) is 4.20. The summed E-state index contributed by atoms with van der Waals surface area (Å²) in [7, 11) is 0. The molecule has 0 saturated heterocycles. The van der Waals surface area contributed by atoms with E-state index < -0.39 is 0 Å². The zero-order valence-corrected chi connectivity index (χ0v) is 15.6. The molecule has 0 bridgehead atoms. The molecule has 4 heteroatoms. The Morgan fingerprint density at radius 2 is 1.92 bits per heavy atom. The molecule has 0 spiro atoms. The van der Waals surface area contributed by atoms with Gasteiger partial charge in [-0.2, -0.15) is 0 Å². The first kappa shape index (κ1) is 17.0. The summed E-state index contributed by atoms with van der Waals surface area (Å²) in [6, 6.07) is 16.0. The maximum Gasteiger partial charge on any atom is 0.357 e. The lowest BCUT2D eigenvalue weighted by atomic mass is 9.87. The van der Waals surface area contributed by atoms with E-state index in [1.807, 2.05) is 37.3 Å². The third-order valence-corrected chi connectivity index (χ3v) is 5.54. The Bertz CT molecular complexity index is 981. The van der Waals surface area contributed by atoms with Gasteiger partial charge < -0.3 is 4.74 Å². The lowest BCUT2D eigenvalue weighted by molar-refractivity contribution is 0.0518. The number of rotatable bonds is 3. The average molecular weight is 366 g/mol. The quantitative estimate of drug-likeness (QED) is 0.574. The van der Waals surface area contributed by atoms with Crippen molar-refractivity contribution >= 4 is 28.5 Å². The highest BCUT2D eigenvalue weighted by molar-refractivity contribution is 6.30. The summed E-state index contributed by atoms with van der Waals surface area (Å²) in [4.78, 5) is 17.2. The van der Waals surface area contributed by atoms with Crippen LogP contribution in [0.1, 0.15) is 52.9 Å². The molecule has 0 N–H and O–H groups in total. The molecule has 0 amide bonds. The zero-order valence-electron chi connectivity index (χ0n) is 14.8. The van der Waals surface area contributed by atoms with Gasteiger partial charge in [0.25, 0.3) is 0 Å². The number of hydrogen-bond acceptors (Lipinski definition) is 3. The Hall–Kier alpha value is -2.39. The molecule has 3 aromatic rings. The van der Waals surface area contributed by atoms with Crippen LogP contribution >= 0.6 is 11.6 Å². The smallest absolute Gasteiger partial charge is 0.357 e. The van der Waals surface area contributed by atoms with E-state index in [9.17, 15) is 4.79 Å². The van der Waals surface area contributed by atoms with Crippen LogP contribution in [0.2, 0.25) is 5.02 Å². The second-order valence-electron chi connectivity index (χ2n) is 6.74. The maximum absolute atomic E-state index is 12.6. The number of benzene rings is 2. The van der Waals surface area contributed by atoms with Crippen molar-refractivity contribution in [3.63, 3.8) is 0 Å². The number of nitrogens with zero attached hydrogens (tertiary/aromatic N) is 1. The van der Waals surface area contributed by atoms with E-state index in [1.165, 1.54) is 11.1 Å². The van der Waals surface area contributed by atoms with Crippen molar-refractivity contribution in [2.45, 2.75) is 32.1 Å². The normalized spacial score (nSPS) is 18.7. The minimum Gasteiger partial charge on any atom is -0.461 e. The summed E-state index contributed by atoms with van der Waals surface area (Å²) in [5.74, 6) is 0.142. The van der Waals surface area contributed by atoms with E-state index in [2.05, 4.69) is 30.1 Å². The van der Waals surface area contributed by atoms with Gasteiger partial charge in [0, 0.05) is 10.4 Å². The minimum absolute atomic E-state index is 0.183. The highest BCUT2D eigenvalue weighted by Gasteiger charge is 2.36. The maximum atomic E-state index is 12.6. The van der Waals surface area contributed by atoms with Gasteiger partial charge in [-0.1, -0.05) is 48.9 Å². The van der Waals surface area contributed by atoms with Crippen LogP contribution in [0, 0.1) is 0 Å². The molecule has 0 unspecified atom stereocenters. The summed E-state index contributed by atoms with van der Waals surface area (Å²) in [6.45, 7) is 4.33. The highest BCUT2D eigenvalue weighted by atomic mass is 35.5. The first-order valence-electron chi connectivity index (χ1n) is 8.94. The second kappa shape index (κ2) is 6.73. The van der Waals surface area contributed by atoms with Gasteiger partial charge in [0.2, 0.25) is 0 Å². The summed E-state index contributed by atoms with van der Waals surface area (Å²) < 4.78 is 5.29. The van der Waals surface area contributed by atoms with Crippen molar-refractivity contribution in [3.05, 3.63) is 75.9 Å². The molecule has 26 heavy (non-hydrogen) atoms. The molecule has 1 heterocycles. The molecule has 1 aliphatic rings. The predicted molar refractivity (Wildman–Crippen MR) is 104 cm³/mol. The van der Waals surface area contributed by atoms with E-state index >= 15 is 0 Å². The van der Waals surface area contributed by atoms with Gasteiger partial charge in [0.05, 0.1) is 12.1 Å². The molecule has 0 radical (unpaired) electrons. The lowest BCUT2D eigenvalue weighted by Crippen LogP contribution is -2.13. The van der Waals surface area contributed by atoms with Crippen LogP contribution in [-0.2, 0) is 11.2 Å². The Morgan fingerprint density at radius 3 is 2.65 bits per heavy atom. The number of halogens is 1. The van der Waals surface area contributed by atoms with Gasteiger partial charge in [-0.15, -0.1) is 0 Å². The van der Waals surface area contributed by atoms with Crippen LogP contribution in [0.5, 0.6) is 0 Å². The van der Waals surface area contributed by atoms with Gasteiger partial charge in [0.1, 0.15) is 0 Å². The summed E-state index contributed by atoms with van der Waals surface area (Å²) in [5.41, 5.74) is 4.79. The van der Waals surface area contributed by atoms with Gasteiger partial charge in [-0.3, -0.25) is 0 Å². The molecular formula is C22H20ClNO2. The number of pyridine rings is 1. The number of hydrogen-bond donors (Lipinski definition) is 0. The Kier molecular flexibility index (Phi) is 4.41. The number of esters is 1. The second-order valence-corrected chi connectivity index (χ2v) is 7.18. The number of carbonyl (C=O) groups is 1. The number of ether oxygens (including phenoxy) is 1. The largest absolute Gasteiger partial charge is 0.461 e. The molecule has 3 nitrogen and oxygen atoms in total. The molecule has 132 valence electrons. The standard InChI is InChI=1S/C22H20ClNO2/c1-3-26-22(25)21-20-13(2)17(14-8-10-15(23)11-9-14)12-18(20)16-6-4-5-7-19(16)24-21/h4-11,13,17H,3,12H2,1-2H3/t13-,17-/m1/s1. The Balaban J connectivity index is 1.88. The van der Waals surface area contributed by atoms with E-state index in [0.29, 0.717) is 18.2 Å². The monoisotopic (exact) mass is 365 g/mol. The van der Waals surface area contributed by atoms with Crippen LogP contribution < -0.4 is 0 Å². The number of para-hydroxylation sites is 1.